The van der Waals surface area contributed by atoms with E-state index in [4.69, 9.17) is 0 Å². The van der Waals surface area contributed by atoms with E-state index in [0.717, 1.165) is 29.2 Å². The summed E-state index contributed by atoms with van der Waals surface area (Å²) in [6.45, 7) is 4.31. The summed E-state index contributed by atoms with van der Waals surface area (Å²) in [5.41, 5.74) is 5.88. The van der Waals surface area contributed by atoms with Crippen molar-refractivity contribution in [2.45, 2.75) is 33.1 Å². The van der Waals surface area contributed by atoms with Crippen LogP contribution < -0.4 is 5.43 Å². The average molecular weight is 318 g/mol. The molecular formula is C16H18N2OS2. The summed E-state index contributed by atoms with van der Waals surface area (Å²) >= 11 is 3.33. The van der Waals surface area contributed by atoms with Crippen LogP contribution >= 0.6 is 22.7 Å². The number of amides is 1. The summed E-state index contributed by atoms with van der Waals surface area (Å²) in [5.74, 6) is 0.638. The van der Waals surface area contributed by atoms with Crippen LogP contribution in [-0.4, -0.2) is 12.1 Å². The van der Waals surface area contributed by atoms with E-state index in [1.807, 2.05) is 23.8 Å². The van der Waals surface area contributed by atoms with Gasteiger partial charge in [-0.05, 0) is 54.7 Å². The molecule has 5 heteroatoms. The zero-order valence-corrected chi connectivity index (χ0v) is 13.8. The van der Waals surface area contributed by atoms with Gasteiger partial charge in [0.2, 0.25) is 0 Å². The minimum absolute atomic E-state index is 0.0903. The van der Waals surface area contributed by atoms with Crippen LogP contribution in [0, 0.1) is 12.8 Å². The fourth-order valence-electron chi connectivity index (χ4n) is 2.59. The van der Waals surface area contributed by atoms with E-state index in [-0.39, 0.29) is 5.91 Å². The standard InChI is InChI=1S/C16H18N2OS2/c1-10-3-4-12-13(9-21-14(12)7-10)16(19)18-17-8-15-11(2)5-6-20-15/h5-6,8-10H,3-4,7H2,1-2H3,(H,18,19)/b17-8-/t10-/m1/s1. The molecule has 1 N–H and O–H groups in total. The third-order valence-electron chi connectivity index (χ3n) is 3.90. The van der Waals surface area contributed by atoms with Crippen molar-refractivity contribution in [3.63, 3.8) is 0 Å². The Bertz CT molecular complexity index is 684. The van der Waals surface area contributed by atoms with Crippen molar-refractivity contribution in [3.8, 4) is 0 Å². The number of nitrogens with one attached hydrogen (secondary N) is 1. The first-order chi connectivity index (χ1) is 10.1. The van der Waals surface area contributed by atoms with Gasteiger partial charge in [-0.1, -0.05) is 6.92 Å². The number of fused-ring (bicyclic) bond motifs is 1. The van der Waals surface area contributed by atoms with Crippen LogP contribution in [-0.2, 0) is 12.8 Å². The van der Waals surface area contributed by atoms with Crippen LogP contribution in [0.15, 0.2) is 21.9 Å². The Morgan fingerprint density at radius 2 is 2.33 bits per heavy atom. The van der Waals surface area contributed by atoms with Gasteiger partial charge in [-0.15, -0.1) is 22.7 Å². The molecule has 3 rings (SSSR count). The molecule has 0 unspecified atom stereocenters. The van der Waals surface area contributed by atoms with E-state index in [1.165, 1.54) is 22.4 Å². The molecule has 2 aromatic rings. The van der Waals surface area contributed by atoms with Crippen molar-refractivity contribution >= 4 is 34.8 Å². The Labute approximate surface area is 132 Å². The molecule has 0 radical (unpaired) electrons. The van der Waals surface area contributed by atoms with Gasteiger partial charge in [-0.2, -0.15) is 5.10 Å². The second-order valence-electron chi connectivity index (χ2n) is 5.57. The molecular weight excluding hydrogens is 300 g/mol. The highest BCUT2D eigenvalue weighted by atomic mass is 32.1. The van der Waals surface area contributed by atoms with Crippen LogP contribution in [0.25, 0.3) is 0 Å². The Morgan fingerprint density at radius 1 is 1.48 bits per heavy atom. The average Bonchev–Trinajstić information content (AvgIpc) is 3.05. The first-order valence-corrected chi connectivity index (χ1v) is 8.88. The van der Waals surface area contributed by atoms with E-state index in [1.54, 1.807) is 28.9 Å². The Balaban J connectivity index is 1.69. The van der Waals surface area contributed by atoms with Gasteiger partial charge in [0.1, 0.15) is 0 Å². The molecule has 0 bridgehead atoms. The van der Waals surface area contributed by atoms with Crippen LogP contribution in [0.4, 0.5) is 0 Å². The number of carbonyl (C=O) groups excluding carboxylic acids is 1. The highest BCUT2D eigenvalue weighted by Crippen LogP contribution is 2.32. The summed E-state index contributed by atoms with van der Waals surface area (Å²) in [7, 11) is 0. The van der Waals surface area contributed by atoms with Crippen molar-refractivity contribution < 1.29 is 4.79 Å². The lowest BCUT2D eigenvalue weighted by molar-refractivity contribution is 0.0954. The van der Waals surface area contributed by atoms with E-state index in [9.17, 15) is 4.79 Å². The van der Waals surface area contributed by atoms with Crippen molar-refractivity contribution in [2.75, 3.05) is 0 Å². The summed E-state index contributed by atoms with van der Waals surface area (Å²) in [6, 6.07) is 2.05. The van der Waals surface area contributed by atoms with Crippen molar-refractivity contribution in [3.05, 3.63) is 43.3 Å². The van der Waals surface area contributed by atoms with Gasteiger partial charge in [0.15, 0.2) is 0 Å². The minimum Gasteiger partial charge on any atom is -0.267 e. The third kappa shape index (κ3) is 3.09. The molecule has 0 aliphatic heterocycles. The van der Waals surface area contributed by atoms with Crippen LogP contribution in [0.2, 0.25) is 0 Å². The number of rotatable bonds is 3. The van der Waals surface area contributed by atoms with Crippen molar-refractivity contribution in [2.24, 2.45) is 11.0 Å². The molecule has 0 spiro atoms. The van der Waals surface area contributed by atoms with Crippen LogP contribution in [0.1, 0.15) is 44.6 Å². The molecule has 1 atom stereocenters. The smallest absolute Gasteiger partial charge is 0.267 e. The van der Waals surface area contributed by atoms with Crippen LogP contribution in [0.3, 0.4) is 0 Å². The van der Waals surface area contributed by atoms with Gasteiger partial charge < -0.3 is 0 Å². The number of hydrogen-bond donors (Lipinski definition) is 1. The lowest BCUT2D eigenvalue weighted by Crippen LogP contribution is -2.20. The Hall–Kier alpha value is -1.46. The second kappa shape index (κ2) is 6.12. The zero-order chi connectivity index (χ0) is 14.8. The SMILES string of the molecule is Cc1ccsc1/C=N\NC(=O)c1csc2c1CC[C@@H](C)C2. The number of nitrogens with zero attached hydrogens (tertiary/aromatic N) is 1. The quantitative estimate of drug-likeness (QED) is 0.674. The summed E-state index contributed by atoms with van der Waals surface area (Å²) in [5, 5.41) is 8.08. The van der Waals surface area contributed by atoms with E-state index >= 15 is 0 Å². The number of hydrogen-bond acceptors (Lipinski definition) is 4. The fourth-order valence-corrected chi connectivity index (χ4v) is 4.62. The van der Waals surface area contributed by atoms with Gasteiger partial charge >= 0.3 is 0 Å². The molecule has 0 fully saturated rings. The van der Waals surface area contributed by atoms with Gasteiger partial charge in [0, 0.05) is 15.1 Å². The molecule has 0 aromatic carbocycles. The highest BCUT2D eigenvalue weighted by Gasteiger charge is 2.22. The van der Waals surface area contributed by atoms with Crippen molar-refractivity contribution in [1.82, 2.24) is 5.43 Å². The maximum absolute atomic E-state index is 12.3. The largest absolute Gasteiger partial charge is 0.272 e. The summed E-state index contributed by atoms with van der Waals surface area (Å²) in [4.78, 5) is 14.7. The predicted molar refractivity (Wildman–Crippen MR) is 89.6 cm³/mol. The molecule has 0 saturated heterocycles. The molecule has 1 aliphatic carbocycles. The van der Waals surface area contributed by atoms with E-state index in [2.05, 4.69) is 17.5 Å². The van der Waals surface area contributed by atoms with Gasteiger partial charge in [-0.25, -0.2) is 5.43 Å². The first-order valence-electron chi connectivity index (χ1n) is 7.12. The van der Waals surface area contributed by atoms with Gasteiger partial charge in [0.05, 0.1) is 11.8 Å². The topological polar surface area (TPSA) is 41.5 Å². The van der Waals surface area contributed by atoms with E-state index < -0.39 is 0 Å². The third-order valence-corrected chi connectivity index (χ3v) is 5.90. The Morgan fingerprint density at radius 3 is 3.10 bits per heavy atom. The highest BCUT2D eigenvalue weighted by molar-refractivity contribution is 7.12. The maximum atomic E-state index is 12.3. The van der Waals surface area contributed by atoms with Crippen molar-refractivity contribution in [1.29, 1.82) is 0 Å². The molecule has 2 heterocycles. The zero-order valence-electron chi connectivity index (χ0n) is 12.2. The lowest BCUT2D eigenvalue weighted by Gasteiger charge is -2.18. The molecule has 1 aliphatic rings. The molecule has 2 aromatic heterocycles. The maximum Gasteiger partial charge on any atom is 0.272 e. The monoisotopic (exact) mass is 318 g/mol. The van der Waals surface area contributed by atoms with Gasteiger partial charge in [0.25, 0.3) is 5.91 Å². The summed E-state index contributed by atoms with van der Waals surface area (Å²) in [6.07, 6.45) is 5.00. The normalized spacial score (nSPS) is 17.9. The number of aryl methyl sites for hydroxylation is 1. The predicted octanol–water partition coefficient (Wildman–Crippen LogP) is 4.01. The first kappa shape index (κ1) is 14.5. The van der Waals surface area contributed by atoms with Crippen LogP contribution in [0.5, 0.6) is 0 Å². The lowest BCUT2D eigenvalue weighted by atomic mass is 9.88. The fraction of sp³-hybridized carbons (Fsp3) is 0.375. The molecule has 0 saturated carbocycles. The second-order valence-corrected chi connectivity index (χ2v) is 7.48. The molecule has 110 valence electrons. The number of thiophene rings is 2. The number of hydrazone groups is 1. The molecule has 3 nitrogen and oxygen atoms in total. The summed E-state index contributed by atoms with van der Waals surface area (Å²) < 4.78 is 0. The Kier molecular flexibility index (Phi) is 4.22. The van der Waals surface area contributed by atoms with Gasteiger partial charge in [-0.3, -0.25) is 4.79 Å². The van der Waals surface area contributed by atoms with E-state index in [0.29, 0.717) is 0 Å². The number of carbonyl (C=O) groups is 1. The minimum atomic E-state index is -0.0903. The molecule has 1 amide bonds. The molecule has 21 heavy (non-hydrogen) atoms.